The standard InChI is InChI=1S/C6H11ClFN/c7-4-2-1-3-5(8)6(4)9/h4-6H,1-3,9H2. The summed E-state index contributed by atoms with van der Waals surface area (Å²) in [6.07, 6.45) is 1.46. The molecular formula is C6H11ClFN. The van der Waals surface area contributed by atoms with E-state index in [-0.39, 0.29) is 5.38 Å². The Bertz CT molecular complexity index is 89.1. The number of hydrogen-bond acceptors (Lipinski definition) is 1. The van der Waals surface area contributed by atoms with Crippen molar-refractivity contribution in [2.24, 2.45) is 5.73 Å². The predicted octanol–water partition coefficient (Wildman–Crippen LogP) is 1.44. The smallest absolute Gasteiger partial charge is 0.117 e. The van der Waals surface area contributed by atoms with Gasteiger partial charge >= 0.3 is 0 Å². The molecular weight excluding hydrogens is 141 g/mol. The van der Waals surface area contributed by atoms with Crippen molar-refractivity contribution < 1.29 is 4.39 Å². The van der Waals surface area contributed by atoms with E-state index in [4.69, 9.17) is 17.3 Å². The zero-order valence-corrected chi connectivity index (χ0v) is 5.94. The first-order valence-corrected chi connectivity index (χ1v) is 3.69. The summed E-state index contributed by atoms with van der Waals surface area (Å²) in [7, 11) is 0. The van der Waals surface area contributed by atoms with E-state index in [9.17, 15) is 4.39 Å². The van der Waals surface area contributed by atoms with Crippen molar-refractivity contribution in [2.75, 3.05) is 0 Å². The van der Waals surface area contributed by atoms with Crippen LogP contribution in [0.25, 0.3) is 0 Å². The lowest BCUT2D eigenvalue weighted by Gasteiger charge is -2.26. The Labute approximate surface area is 59.4 Å². The van der Waals surface area contributed by atoms with Crippen LogP contribution in [0.5, 0.6) is 0 Å². The molecule has 1 rings (SSSR count). The van der Waals surface area contributed by atoms with E-state index < -0.39 is 12.2 Å². The maximum absolute atomic E-state index is 12.6. The van der Waals surface area contributed by atoms with Gasteiger partial charge in [-0.15, -0.1) is 11.6 Å². The van der Waals surface area contributed by atoms with E-state index >= 15 is 0 Å². The molecule has 3 heteroatoms. The molecule has 1 fully saturated rings. The van der Waals surface area contributed by atoms with Gasteiger partial charge in [-0.1, -0.05) is 0 Å². The zero-order chi connectivity index (χ0) is 6.85. The summed E-state index contributed by atoms with van der Waals surface area (Å²) in [5.41, 5.74) is 5.41. The SMILES string of the molecule is NC1C(F)CCCC1Cl. The average Bonchev–Trinajstić information content (AvgIpc) is 1.83. The van der Waals surface area contributed by atoms with Crippen molar-refractivity contribution >= 4 is 11.6 Å². The lowest BCUT2D eigenvalue weighted by Crippen LogP contribution is -2.42. The number of hydrogen-bond donors (Lipinski definition) is 1. The highest BCUT2D eigenvalue weighted by Crippen LogP contribution is 2.23. The molecule has 0 bridgehead atoms. The highest BCUT2D eigenvalue weighted by molar-refractivity contribution is 6.21. The van der Waals surface area contributed by atoms with Crippen LogP contribution in [0.2, 0.25) is 0 Å². The number of alkyl halides is 2. The van der Waals surface area contributed by atoms with E-state index in [1.807, 2.05) is 0 Å². The molecule has 0 saturated heterocycles. The first kappa shape index (κ1) is 7.29. The Hall–Kier alpha value is 0.180. The Morgan fingerprint density at radius 2 is 2.11 bits per heavy atom. The van der Waals surface area contributed by atoms with Crippen LogP contribution in [0.4, 0.5) is 4.39 Å². The average molecular weight is 152 g/mol. The molecule has 1 aliphatic carbocycles. The predicted molar refractivity (Wildman–Crippen MR) is 36.4 cm³/mol. The minimum absolute atomic E-state index is 0.145. The molecule has 9 heavy (non-hydrogen) atoms. The van der Waals surface area contributed by atoms with Gasteiger partial charge in [-0.25, -0.2) is 4.39 Å². The Morgan fingerprint density at radius 3 is 2.56 bits per heavy atom. The molecule has 3 atom stereocenters. The fraction of sp³-hybridized carbons (Fsp3) is 1.00. The second-order valence-corrected chi connectivity index (χ2v) is 3.10. The van der Waals surface area contributed by atoms with E-state index in [0.717, 1.165) is 12.8 Å². The van der Waals surface area contributed by atoms with Crippen LogP contribution in [0.15, 0.2) is 0 Å². The zero-order valence-electron chi connectivity index (χ0n) is 5.19. The molecule has 2 N–H and O–H groups in total. The van der Waals surface area contributed by atoms with Crippen molar-refractivity contribution in [1.82, 2.24) is 0 Å². The second kappa shape index (κ2) is 2.84. The summed E-state index contributed by atoms with van der Waals surface area (Å²) in [6.45, 7) is 0. The largest absolute Gasteiger partial charge is 0.324 e. The van der Waals surface area contributed by atoms with Crippen molar-refractivity contribution in [3.8, 4) is 0 Å². The molecule has 1 aliphatic rings. The van der Waals surface area contributed by atoms with Crippen LogP contribution < -0.4 is 5.73 Å². The van der Waals surface area contributed by atoms with Crippen molar-refractivity contribution in [1.29, 1.82) is 0 Å². The first-order chi connectivity index (χ1) is 4.22. The van der Waals surface area contributed by atoms with Crippen molar-refractivity contribution in [3.05, 3.63) is 0 Å². The molecule has 54 valence electrons. The van der Waals surface area contributed by atoms with Gasteiger partial charge in [-0.3, -0.25) is 0 Å². The molecule has 0 amide bonds. The monoisotopic (exact) mass is 151 g/mol. The molecule has 0 spiro atoms. The normalized spacial score (nSPS) is 45.0. The summed E-state index contributed by atoms with van der Waals surface area (Å²) in [6, 6.07) is -0.430. The Kier molecular flexibility index (Phi) is 2.30. The van der Waals surface area contributed by atoms with Crippen molar-refractivity contribution in [2.45, 2.75) is 36.9 Å². The molecule has 0 aromatic heterocycles. The number of rotatable bonds is 0. The van der Waals surface area contributed by atoms with E-state index in [1.54, 1.807) is 0 Å². The van der Waals surface area contributed by atoms with Gasteiger partial charge < -0.3 is 5.73 Å². The van der Waals surface area contributed by atoms with Crippen molar-refractivity contribution in [3.63, 3.8) is 0 Å². The van der Waals surface area contributed by atoms with Gasteiger partial charge in [-0.05, 0) is 19.3 Å². The second-order valence-electron chi connectivity index (χ2n) is 2.54. The van der Waals surface area contributed by atoms with Gasteiger partial charge in [0, 0.05) is 0 Å². The van der Waals surface area contributed by atoms with Gasteiger partial charge in [0.25, 0.3) is 0 Å². The fourth-order valence-electron chi connectivity index (χ4n) is 1.12. The van der Waals surface area contributed by atoms with Gasteiger partial charge in [-0.2, -0.15) is 0 Å². The molecule has 1 saturated carbocycles. The van der Waals surface area contributed by atoms with Gasteiger partial charge in [0.05, 0.1) is 11.4 Å². The van der Waals surface area contributed by atoms with E-state index in [0.29, 0.717) is 6.42 Å². The Morgan fingerprint density at radius 1 is 1.44 bits per heavy atom. The number of halogens is 2. The summed E-state index contributed by atoms with van der Waals surface area (Å²) in [5, 5.41) is -0.145. The maximum atomic E-state index is 12.6. The third kappa shape index (κ3) is 1.55. The third-order valence-electron chi connectivity index (χ3n) is 1.80. The van der Waals surface area contributed by atoms with Gasteiger partial charge in [0.1, 0.15) is 6.17 Å². The van der Waals surface area contributed by atoms with Gasteiger partial charge in [0.15, 0.2) is 0 Å². The summed E-state index contributed by atoms with van der Waals surface area (Å²) >= 11 is 5.70. The van der Waals surface area contributed by atoms with E-state index in [2.05, 4.69) is 0 Å². The van der Waals surface area contributed by atoms with Gasteiger partial charge in [0.2, 0.25) is 0 Å². The lowest BCUT2D eigenvalue weighted by molar-refractivity contribution is 0.221. The molecule has 0 radical (unpaired) electrons. The fourth-order valence-corrected chi connectivity index (χ4v) is 1.43. The van der Waals surface area contributed by atoms with Crippen LogP contribution in [0, 0.1) is 0 Å². The highest BCUT2D eigenvalue weighted by atomic mass is 35.5. The summed E-state index contributed by atoms with van der Waals surface area (Å²) < 4.78 is 12.6. The maximum Gasteiger partial charge on any atom is 0.117 e. The summed E-state index contributed by atoms with van der Waals surface area (Å²) in [5.74, 6) is 0. The van der Waals surface area contributed by atoms with Crippen LogP contribution in [-0.4, -0.2) is 17.6 Å². The lowest BCUT2D eigenvalue weighted by atomic mass is 9.94. The molecule has 0 aromatic carbocycles. The van der Waals surface area contributed by atoms with Crippen LogP contribution in [-0.2, 0) is 0 Å². The molecule has 0 aromatic rings. The molecule has 0 aliphatic heterocycles. The van der Waals surface area contributed by atoms with E-state index in [1.165, 1.54) is 0 Å². The minimum atomic E-state index is -0.874. The quantitative estimate of drug-likeness (QED) is 0.521. The molecule has 1 nitrogen and oxygen atoms in total. The summed E-state index contributed by atoms with van der Waals surface area (Å²) in [4.78, 5) is 0. The van der Waals surface area contributed by atoms with Crippen LogP contribution >= 0.6 is 11.6 Å². The Balaban J connectivity index is 2.41. The van der Waals surface area contributed by atoms with Crippen LogP contribution in [0.1, 0.15) is 19.3 Å². The molecule has 3 unspecified atom stereocenters. The topological polar surface area (TPSA) is 26.0 Å². The van der Waals surface area contributed by atoms with Crippen LogP contribution in [0.3, 0.4) is 0 Å². The minimum Gasteiger partial charge on any atom is -0.324 e. The first-order valence-electron chi connectivity index (χ1n) is 3.25. The number of nitrogens with two attached hydrogens (primary N) is 1. The molecule has 0 heterocycles. The third-order valence-corrected chi connectivity index (χ3v) is 2.30. The highest BCUT2D eigenvalue weighted by Gasteiger charge is 2.28.